The molecule has 25 heavy (non-hydrogen) atoms. The first kappa shape index (κ1) is 17.2. The summed E-state index contributed by atoms with van der Waals surface area (Å²) in [4.78, 5) is 39.5. The molecule has 1 saturated heterocycles. The molecule has 2 heterocycles. The number of aromatic amines is 1. The predicted octanol–water partition coefficient (Wildman–Crippen LogP) is 1.51. The lowest BCUT2D eigenvalue weighted by atomic mass is 9.76. The van der Waals surface area contributed by atoms with Crippen molar-refractivity contribution < 1.29 is 4.79 Å². The second kappa shape index (κ2) is 7.09. The van der Waals surface area contributed by atoms with Crippen LogP contribution in [0.1, 0.15) is 31.7 Å². The number of hydrogen-bond donors (Lipinski definition) is 1. The molecule has 1 N–H and O–H groups in total. The molecule has 1 aliphatic rings. The summed E-state index contributed by atoms with van der Waals surface area (Å²) in [6.45, 7) is 3.92. The molecule has 0 saturated carbocycles. The lowest BCUT2D eigenvalue weighted by Gasteiger charge is -2.41. The molecule has 0 radical (unpaired) electrons. The van der Waals surface area contributed by atoms with E-state index in [1.165, 1.54) is 22.4 Å². The third-order valence-corrected chi connectivity index (χ3v) is 4.98. The molecule has 2 aromatic rings. The maximum absolute atomic E-state index is 12.6. The van der Waals surface area contributed by atoms with Crippen molar-refractivity contribution in [2.75, 3.05) is 13.1 Å². The number of nitrogens with zero attached hydrogens (tertiary/aromatic N) is 2. The van der Waals surface area contributed by atoms with Gasteiger partial charge >= 0.3 is 5.69 Å². The number of H-pyrrole nitrogens is 1. The second-order valence-electron chi connectivity index (χ2n) is 6.90. The largest absolute Gasteiger partial charge is 0.342 e. The summed E-state index contributed by atoms with van der Waals surface area (Å²) in [7, 11) is 0. The number of carbonyl (C=O) groups is 1. The molecular weight excluding hydrogens is 318 g/mol. The number of aryl methyl sites for hydroxylation is 1. The zero-order valence-electron chi connectivity index (χ0n) is 14.4. The summed E-state index contributed by atoms with van der Waals surface area (Å²) in [5.41, 5.74) is 0.309. The number of rotatable bonds is 4. The molecule has 6 nitrogen and oxygen atoms in total. The van der Waals surface area contributed by atoms with Gasteiger partial charge in [-0.1, -0.05) is 37.3 Å². The lowest BCUT2D eigenvalue weighted by Crippen LogP contribution is -2.47. The van der Waals surface area contributed by atoms with Crippen LogP contribution in [0.5, 0.6) is 0 Å². The van der Waals surface area contributed by atoms with Gasteiger partial charge in [-0.25, -0.2) is 4.79 Å². The highest BCUT2D eigenvalue weighted by atomic mass is 16.2. The summed E-state index contributed by atoms with van der Waals surface area (Å²) in [5, 5.41) is 0. The highest BCUT2D eigenvalue weighted by Gasteiger charge is 2.34. The lowest BCUT2D eigenvalue weighted by molar-refractivity contribution is -0.133. The Balaban J connectivity index is 1.66. The highest BCUT2D eigenvalue weighted by molar-refractivity contribution is 5.76. The zero-order chi connectivity index (χ0) is 17.9. The van der Waals surface area contributed by atoms with Gasteiger partial charge < -0.3 is 9.47 Å². The van der Waals surface area contributed by atoms with Crippen molar-refractivity contribution in [2.45, 2.75) is 38.1 Å². The third-order valence-electron chi connectivity index (χ3n) is 4.98. The van der Waals surface area contributed by atoms with Crippen LogP contribution in [0.2, 0.25) is 0 Å². The Morgan fingerprint density at radius 1 is 1.20 bits per heavy atom. The fraction of sp³-hybridized carbons (Fsp3) is 0.421. The van der Waals surface area contributed by atoms with Gasteiger partial charge in [0.2, 0.25) is 5.91 Å². The first-order chi connectivity index (χ1) is 12.0. The zero-order valence-corrected chi connectivity index (χ0v) is 14.4. The van der Waals surface area contributed by atoms with E-state index in [0.29, 0.717) is 6.54 Å². The predicted molar refractivity (Wildman–Crippen MR) is 95.5 cm³/mol. The summed E-state index contributed by atoms with van der Waals surface area (Å²) < 4.78 is 1.36. The summed E-state index contributed by atoms with van der Waals surface area (Å²) >= 11 is 0. The molecule has 3 rings (SSSR count). The van der Waals surface area contributed by atoms with E-state index in [0.717, 1.165) is 19.4 Å². The van der Waals surface area contributed by atoms with Gasteiger partial charge in [0, 0.05) is 43.7 Å². The molecule has 132 valence electrons. The Hall–Kier alpha value is -2.63. The van der Waals surface area contributed by atoms with Crippen molar-refractivity contribution in [1.82, 2.24) is 14.5 Å². The summed E-state index contributed by atoms with van der Waals surface area (Å²) in [5.74, 6) is 0.0416. The van der Waals surface area contributed by atoms with Gasteiger partial charge in [0.05, 0.1) is 0 Å². The fourth-order valence-electron chi connectivity index (χ4n) is 3.52. The van der Waals surface area contributed by atoms with Crippen LogP contribution in [0.25, 0.3) is 0 Å². The van der Waals surface area contributed by atoms with Crippen LogP contribution < -0.4 is 11.2 Å². The highest BCUT2D eigenvalue weighted by Crippen LogP contribution is 2.33. The molecular formula is C19H23N3O3. The van der Waals surface area contributed by atoms with Crippen molar-refractivity contribution in [3.8, 4) is 0 Å². The van der Waals surface area contributed by atoms with Crippen LogP contribution in [-0.4, -0.2) is 33.4 Å². The van der Waals surface area contributed by atoms with Crippen molar-refractivity contribution in [2.24, 2.45) is 0 Å². The van der Waals surface area contributed by atoms with Crippen molar-refractivity contribution in [3.63, 3.8) is 0 Å². The number of piperidine rings is 1. The first-order valence-corrected chi connectivity index (χ1v) is 8.61. The van der Waals surface area contributed by atoms with Gasteiger partial charge in [-0.2, -0.15) is 0 Å². The number of likely N-dealkylation sites (tertiary alicyclic amines) is 1. The molecule has 1 aliphatic heterocycles. The third kappa shape index (κ3) is 3.90. The van der Waals surface area contributed by atoms with Crippen LogP contribution in [0, 0.1) is 0 Å². The molecule has 1 amide bonds. The smallest absolute Gasteiger partial charge is 0.328 e. The standard InChI is InChI=1S/C19H23N3O3/c1-19(15-6-3-2-4-7-15)10-5-11-22(14-19)17(24)9-13-21-12-8-16(23)20-18(21)25/h2-4,6-8,12H,5,9-11,13-14H2,1H3,(H,20,23,25). The normalized spacial score (nSPS) is 20.4. The molecule has 0 aliphatic carbocycles. The number of aromatic nitrogens is 2. The minimum Gasteiger partial charge on any atom is -0.342 e. The van der Waals surface area contributed by atoms with E-state index >= 15 is 0 Å². The molecule has 1 unspecified atom stereocenters. The van der Waals surface area contributed by atoms with E-state index in [2.05, 4.69) is 24.0 Å². The average Bonchev–Trinajstić information content (AvgIpc) is 2.61. The van der Waals surface area contributed by atoms with Crippen LogP contribution >= 0.6 is 0 Å². The Labute approximate surface area is 146 Å². The van der Waals surface area contributed by atoms with Crippen molar-refractivity contribution in [3.05, 3.63) is 69.0 Å². The minimum atomic E-state index is -0.479. The van der Waals surface area contributed by atoms with E-state index in [1.54, 1.807) is 0 Å². The maximum atomic E-state index is 12.6. The van der Waals surface area contributed by atoms with Gasteiger partial charge in [0.1, 0.15) is 0 Å². The van der Waals surface area contributed by atoms with Gasteiger partial charge in [-0.15, -0.1) is 0 Å². The minimum absolute atomic E-state index is 0.0377. The van der Waals surface area contributed by atoms with E-state index in [1.807, 2.05) is 23.1 Å². The van der Waals surface area contributed by atoms with E-state index in [4.69, 9.17) is 0 Å². The van der Waals surface area contributed by atoms with Crippen molar-refractivity contribution in [1.29, 1.82) is 0 Å². The Kier molecular flexibility index (Phi) is 4.88. The number of nitrogens with one attached hydrogen (secondary N) is 1. The fourth-order valence-corrected chi connectivity index (χ4v) is 3.52. The Bertz CT molecular complexity index is 856. The van der Waals surface area contributed by atoms with E-state index in [-0.39, 0.29) is 24.3 Å². The Morgan fingerprint density at radius 3 is 2.68 bits per heavy atom. The number of carbonyl (C=O) groups excluding carboxylic acids is 1. The molecule has 1 atom stereocenters. The average molecular weight is 341 g/mol. The van der Waals surface area contributed by atoms with Crippen LogP contribution in [-0.2, 0) is 16.8 Å². The van der Waals surface area contributed by atoms with Crippen LogP contribution in [0.15, 0.2) is 52.2 Å². The monoisotopic (exact) mass is 341 g/mol. The van der Waals surface area contributed by atoms with Crippen LogP contribution in [0.3, 0.4) is 0 Å². The SMILES string of the molecule is CC1(c2ccccc2)CCCN(C(=O)CCn2ccc(=O)[nH]c2=O)C1. The van der Waals surface area contributed by atoms with Gasteiger partial charge in [0.15, 0.2) is 0 Å². The number of hydrogen-bond acceptors (Lipinski definition) is 3. The topological polar surface area (TPSA) is 75.2 Å². The van der Waals surface area contributed by atoms with Gasteiger partial charge in [-0.05, 0) is 18.4 Å². The molecule has 0 bridgehead atoms. The van der Waals surface area contributed by atoms with Gasteiger partial charge in [0.25, 0.3) is 5.56 Å². The molecule has 1 aromatic heterocycles. The number of amides is 1. The Morgan fingerprint density at radius 2 is 1.96 bits per heavy atom. The summed E-state index contributed by atoms with van der Waals surface area (Å²) in [6, 6.07) is 11.6. The molecule has 1 fully saturated rings. The number of benzene rings is 1. The van der Waals surface area contributed by atoms with Crippen molar-refractivity contribution >= 4 is 5.91 Å². The molecule has 1 aromatic carbocycles. The molecule has 6 heteroatoms. The quantitative estimate of drug-likeness (QED) is 0.916. The maximum Gasteiger partial charge on any atom is 0.328 e. The van der Waals surface area contributed by atoms with Gasteiger partial charge in [-0.3, -0.25) is 14.6 Å². The first-order valence-electron chi connectivity index (χ1n) is 8.61. The summed E-state index contributed by atoms with van der Waals surface area (Å²) in [6.07, 6.45) is 3.70. The second-order valence-corrected chi connectivity index (χ2v) is 6.90. The van der Waals surface area contributed by atoms with E-state index < -0.39 is 11.2 Å². The molecule has 0 spiro atoms. The van der Waals surface area contributed by atoms with E-state index in [9.17, 15) is 14.4 Å². The van der Waals surface area contributed by atoms with Crippen LogP contribution in [0.4, 0.5) is 0 Å².